The lowest BCUT2D eigenvalue weighted by Crippen LogP contribution is -2.37. The molecule has 0 aliphatic carbocycles. The smallest absolute Gasteiger partial charge is 0.00755 e. The molecule has 1 rings (SSSR count). The van der Waals surface area contributed by atoms with Crippen LogP contribution >= 0.6 is 11.8 Å². The SMILES string of the molecule is CCCN(CCSC(C)(C)C)CC1CCNCC1. The van der Waals surface area contributed by atoms with Crippen molar-refractivity contribution >= 4 is 11.8 Å². The Bertz CT molecular complexity index is 207. The van der Waals surface area contributed by atoms with E-state index in [2.05, 4.69) is 49.7 Å². The summed E-state index contributed by atoms with van der Waals surface area (Å²) in [7, 11) is 0. The zero-order valence-electron chi connectivity index (χ0n) is 12.8. The molecule has 1 saturated heterocycles. The highest BCUT2D eigenvalue weighted by Gasteiger charge is 2.17. The minimum absolute atomic E-state index is 0.409. The van der Waals surface area contributed by atoms with E-state index in [0.717, 1.165) is 5.92 Å². The van der Waals surface area contributed by atoms with Crippen molar-refractivity contribution in [3.8, 4) is 0 Å². The van der Waals surface area contributed by atoms with E-state index in [9.17, 15) is 0 Å². The van der Waals surface area contributed by atoms with Crippen molar-refractivity contribution in [2.75, 3.05) is 38.5 Å². The van der Waals surface area contributed by atoms with Gasteiger partial charge in [0.05, 0.1) is 0 Å². The van der Waals surface area contributed by atoms with E-state index in [1.165, 1.54) is 57.7 Å². The van der Waals surface area contributed by atoms with Gasteiger partial charge in [-0.3, -0.25) is 0 Å². The van der Waals surface area contributed by atoms with Crippen molar-refractivity contribution in [2.24, 2.45) is 5.92 Å². The average Bonchev–Trinajstić information content (AvgIpc) is 2.29. The maximum absolute atomic E-state index is 3.46. The Morgan fingerprint density at radius 3 is 2.39 bits per heavy atom. The fourth-order valence-corrected chi connectivity index (χ4v) is 3.48. The predicted octanol–water partition coefficient (Wildman–Crippen LogP) is 3.23. The maximum Gasteiger partial charge on any atom is 0.00755 e. The van der Waals surface area contributed by atoms with E-state index >= 15 is 0 Å². The van der Waals surface area contributed by atoms with Crippen molar-refractivity contribution in [1.29, 1.82) is 0 Å². The fraction of sp³-hybridized carbons (Fsp3) is 1.00. The first-order chi connectivity index (χ1) is 8.51. The number of nitrogens with zero attached hydrogens (tertiary/aromatic N) is 1. The fourth-order valence-electron chi connectivity index (χ4n) is 2.52. The van der Waals surface area contributed by atoms with E-state index in [1.54, 1.807) is 0 Å². The van der Waals surface area contributed by atoms with Gasteiger partial charge in [-0.1, -0.05) is 27.7 Å². The molecule has 0 unspecified atom stereocenters. The molecule has 18 heavy (non-hydrogen) atoms. The van der Waals surface area contributed by atoms with Crippen LogP contribution in [0.1, 0.15) is 47.0 Å². The molecule has 1 fully saturated rings. The molecule has 108 valence electrons. The normalized spacial score (nSPS) is 18.5. The Morgan fingerprint density at radius 1 is 1.17 bits per heavy atom. The summed E-state index contributed by atoms with van der Waals surface area (Å²) >= 11 is 2.10. The van der Waals surface area contributed by atoms with Gasteiger partial charge in [-0.05, 0) is 44.8 Å². The molecular formula is C15H32N2S. The zero-order chi connectivity index (χ0) is 13.4. The van der Waals surface area contributed by atoms with Gasteiger partial charge >= 0.3 is 0 Å². The van der Waals surface area contributed by atoms with E-state index in [1.807, 2.05) is 0 Å². The molecular weight excluding hydrogens is 240 g/mol. The number of piperidine rings is 1. The summed E-state index contributed by atoms with van der Waals surface area (Å²) in [5.74, 6) is 2.20. The molecule has 0 spiro atoms. The van der Waals surface area contributed by atoms with Crippen LogP contribution in [0.5, 0.6) is 0 Å². The van der Waals surface area contributed by atoms with Crippen molar-refractivity contribution in [2.45, 2.75) is 51.7 Å². The van der Waals surface area contributed by atoms with Crippen LogP contribution in [0.3, 0.4) is 0 Å². The molecule has 2 nitrogen and oxygen atoms in total. The molecule has 0 radical (unpaired) electrons. The first-order valence-corrected chi connectivity index (χ1v) is 8.57. The number of rotatable bonds is 7. The summed E-state index contributed by atoms with van der Waals surface area (Å²) in [5, 5.41) is 3.46. The Labute approximate surface area is 118 Å². The van der Waals surface area contributed by atoms with Crippen molar-refractivity contribution in [3.05, 3.63) is 0 Å². The highest BCUT2D eigenvalue weighted by Crippen LogP contribution is 2.23. The monoisotopic (exact) mass is 272 g/mol. The van der Waals surface area contributed by atoms with Crippen LogP contribution in [0.2, 0.25) is 0 Å². The minimum atomic E-state index is 0.409. The van der Waals surface area contributed by atoms with E-state index in [0.29, 0.717) is 4.75 Å². The molecule has 0 atom stereocenters. The van der Waals surface area contributed by atoms with Gasteiger partial charge < -0.3 is 10.2 Å². The molecule has 0 aromatic heterocycles. The number of nitrogens with one attached hydrogen (secondary N) is 1. The van der Waals surface area contributed by atoms with Gasteiger partial charge in [0.2, 0.25) is 0 Å². The van der Waals surface area contributed by atoms with Crippen LogP contribution in [0.4, 0.5) is 0 Å². The summed E-state index contributed by atoms with van der Waals surface area (Å²) in [6.45, 7) is 15.5. The largest absolute Gasteiger partial charge is 0.317 e. The second kappa shape index (κ2) is 8.44. The minimum Gasteiger partial charge on any atom is -0.317 e. The van der Waals surface area contributed by atoms with Crippen molar-refractivity contribution in [1.82, 2.24) is 10.2 Å². The maximum atomic E-state index is 3.46. The van der Waals surface area contributed by atoms with Crippen molar-refractivity contribution < 1.29 is 0 Å². The first kappa shape index (κ1) is 16.3. The molecule has 0 saturated carbocycles. The number of hydrogen-bond acceptors (Lipinski definition) is 3. The van der Waals surface area contributed by atoms with Crippen LogP contribution in [-0.2, 0) is 0 Å². The molecule has 3 heteroatoms. The second-order valence-corrected chi connectivity index (χ2v) is 8.38. The van der Waals surface area contributed by atoms with E-state index in [-0.39, 0.29) is 0 Å². The van der Waals surface area contributed by atoms with Gasteiger partial charge in [0.1, 0.15) is 0 Å². The van der Waals surface area contributed by atoms with Gasteiger partial charge in [-0.15, -0.1) is 0 Å². The lowest BCUT2D eigenvalue weighted by Gasteiger charge is -2.30. The topological polar surface area (TPSA) is 15.3 Å². The van der Waals surface area contributed by atoms with Crippen LogP contribution in [0, 0.1) is 5.92 Å². The van der Waals surface area contributed by atoms with E-state index in [4.69, 9.17) is 0 Å². The number of thioether (sulfide) groups is 1. The average molecular weight is 273 g/mol. The van der Waals surface area contributed by atoms with Crippen LogP contribution in [-0.4, -0.2) is 48.1 Å². The molecule has 1 aliphatic heterocycles. The second-order valence-electron chi connectivity index (χ2n) is 6.45. The van der Waals surface area contributed by atoms with Gasteiger partial charge in [0.25, 0.3) is 0 Å². The Balaban J connectivity index is 2.25. The van der Waals surface area contributed by atoms with Crippen LogP contribution < -0.4 is 5.32 Å². The number of hydrogen-bond donors (Lipinski definition) is 1. The quantitative estimate of drug-likeness (QED) is 0.766. The van der Waals surface area contributed by atoms with Gasteiger partial charge in [-0.2, -0.15) is 11.8 Å². The highest BCUT2D eigenvalue weighted by atomic mass is 32.2. The van der Waals surface area contributed by atoms with Gasteiger partial charge in [0.15, 0.2) is 0 Å². The summed E-state index contributed by atoms with van der Waals surface area (Å²) in [6.07, 6.45) is 4.02. The Kier molecular flexibility index (Phi) is 7.66. The summed E-state index contributed by atoms with van der Waals surface area (Å²) in [4.78, 5) is 2.69. The molecule has 0 amide bonds. The highest BCUT2D eigenvalue weighted by molar-refractivity contribution is 8.00. The van der Waals surface area contributed by atoms with E-state index < -0.39 is 0 Å². The molecule has 0 bridgehead atoms. The zero-order valence-corrected chi connectivity index (χ0v) is 13.6. The third kappa shape index (κ3) is 7.65. The molecule has 0 aromatic carbocycles. The molecule has 1 aliphatic rings. The standard InChI is InChI=1S/C15H32N2S/c1-5-10-17(11-12-18-15(2,3)4)13-14-6-8-16-9-7-14/h14,16H,5-13H2,1-4H3. The first-order valence-electron chi connectivity index (χ1n) is 7.58. The third-order valence-electron chi connectivity index (χ3n) is 3.46. The van der Waals surface area contributed by atoms with Crippen LogP contribution in [0.15, 0.2) is 0 Å². The molecule has 1 N–H and O–H groups in total. The predicted molar refractivity (Wildman–Crippen MR) is 84.5 cm³/mol. The summed E-state index contributed by atoms with van der Waals surface area (Å²) in [6, 6.07) is 0. The molecule has 1 heterocycles. The van der Waals surface area contributed by atoms with Gasteiger partial charge in [0, 0.05) is 23.6 Å². The Hall–Kier alpha value is 0.270. The lowest BCUT2D eigenvalue weighted by atomic mass is 9.97. The van der Waals surface area contributed by atoms with Gasteiger partial charge in [-0.25, -0.2) is 0 Å². The van der Waals surface area contributed by atoms with Crippen LogP contribution in [0.25, 0.3) is 0 Å². The van der Waals surface area contributed by atoms with Crippen molar-refractivity contribution in [3.63, 3.8) is 0 Å². The summed E-state index contributed by atoms with van der Waals surface area (Å²) in [5.41, 5.74) is 0. The lowest BCUT2D eigenvalue weighted by molar-refractivity contribution is 0.215. The Morgan fingerprint density at radius 2 is 1.83 bits per heavy atom. The molecule has 0 aromatic rings. The summed E-state index contributed by atoms with van der Waals surface area (Å²) < 4.78 is 0.409. The third-order valence-corrected chi connectivity index (χ3v) is 4.71.